The summed E-state index contributed by atoms with van der Waals surface area (Å²) in [5.74, 6) is 0.485. The number of amides is 2. The third-order valence-corrected chi connectivity index (χ3v) is 6.81. The molecular weight excluding hydrogens is 380 g/mol. The molecule has 1 N–H and O–H groups in total. The lowest BCUT2D eigenvalue weighted by Gasteiger charge is -2.23. The standard InChI is InChI=1S/C19H22N4O2S2/c24-16-10-14(11-23(16)15-8-4-5-9-15)17(25)20-18-21-19(22-27-18)26-12-13-6-2-1-3-7-13/h1-3,6-7,14-15H,4-5,8-12H2,(H,20,21,22,25)/t14-/m1/s1. The number of carbonyl (C=O) groups is 2. The smallest absolute Gasteiger partial charge is 0.231 e. The van der Waals surface area contributed by atoms with Crippen LogP contribution in [0.25, 0.3) is 0 Å². The Kier molecular flexibility index (Phi) is 5.73. The molecule has 1 aromatic carbocycles. The van der Waals surface area contributed by atoms with E-state index in [0.29, 0.717) is 29.3 Å². The number of aromatic nitrogens is 2. The van der Waals surface area contributed by atoms with Gasteiger partial charge in [-0.1, -0.05) is 54.9 Å². The van der Waals surface area contributed by atoms with Crippen LogP contribution in [-0.4, -0.2) is 38.7 Å². The van der Waals surface area contributed by atoms with E-state index in [9.17, 15) is 9.59 Å². The molecular formula is C19H22N4O2S2. The molecule has 1 aliphatic carbocycles. The summed E-state index contributed by atoms with van der Waals surface area (Å²) in [5.41, 5.74) is 1.21. The number of hydrogen-bond acceptors (Lipinski definition) is 6. The average Bonchev–Trinajstić information content (AvgIpc) is 3.41. The largest absolute Gasteiger partial charge is 0.339 e. The fourth-order valence-electron chi connectivity index (χ4n) is 3.73. The second-order valence-electron chi connectivity index (χ2n) is 7.03. The molecule has 27 heavy (non-hydrogen) atoms. The predicted octanol–water partition coefficient (Wildman–Crippen LogP) is 3.56. The van der Waals surface area contributed by atoms with Crippen molar-refractivity contribution < 1.29 is 9.59 Å². The minimum absolute atomic E-state index is 0.110. The molecule has 142 valence electrons. The van der Waals surface area contributed by atoms with E-state index in [1.165, 1.54) is 29.9 Å². The van der Waals surface area contributed by atoms with Crippen LogP contribution in [0, 0.1) is 5.92 Å². The molecule has 0 unspecified atom stereocenters. The predicted molar refractivity (Wildman–Crippen MR) is 107 cm³/mol. The monoisotopic (exact) mass is 402 g/mol. The van der Waals surface area contributed by atoms with Crippen molar-refractivity contribution in [3.63, 3.8) is 0 Å². The molecule has 1 aliphatic heterocycles. The zero-order valence-electron chi connectivity index (χ0n) is 15.0. The van der Waals surface area contributed by atoms with Gasteiger partial charge in [-0.3, -0.25) is 9.59 Å². The number of benzene rings is 1. The molecule has 2 aromatic rings. The van der Waals surface area contributed by atoms with Crippen LogP contribution in [0.3, 0.4) is 0 Å². The van der Waals surface area contributed by atoms with Crippen molar-refractivity contribution in [2.75, 3.05) is 11.9 Å². The fourth-order valence-corrected chi connectivity index (χ4v) is 5.23. The van der Waals surface area contributed by atoms with Gasteiger partial charge in [0.05, 0.1) is 5.92 Å². The van der Waals surface area contributed by atoms with Crippen molar-refractivity contribution in [3.05, 3.63) is 35.9 Å². The molecule has 2 fully saturated rings. The highest BCUT2D eigenvalue weighted by Gasteiger charge is 2.38. The van der Waals surface area contributed by atoms with E-state index in [-0.39, 0.29) is 17.7 Å². The lowest BCUT2D eigenvalue weighted by atomic mass is 10.1. The van der Waals surface area contributed by atoms with Gasteiger partial charge in [-0.25, -0.2) is 0 Å². The summed E-state index contributed by atoms with van der Waals surface area (Å²) in [7, 11) is 0. The van der Waals surface area contributed by atoms with Crippen LogP contribution in [0.4, 0.5) is 5.13 Å². The van der Waals surface area contributed by atoms with Gasteiger partial charge in [-0.15, -0.1) is 0 Å². The Balaban J connectivity index is 1.29. The van der Waals surface area contributed by atoms with E-state index in [1.807, 2.05) is 23.1 Å². The maximum absolute atomic E-state index is 12.6. The van der Waals surface area contributed by atoms with Gasteiger partial charge in [0.2, 0.25) is 22.1 Å². The van der Waals surface area contributed by atoms with Crippen molar-refractivity contribution in [2.45, 2.75) is 49.1 Å². The Labute approximate surface area is 166 Å². The number of thioether (sulfide) groups is 1. The van der Waals surface area contributed by atoms with Crippen LogP contribution in [0.5, 0.6) is 0 Å². The number of carbonyl (C=O) groups excluding carboxylic acids is 2. The molecule has 0 bridgehead atoms. The quantitative estimate of drug-likeness (QED) is 0.748. The van der Waals surface area contributed by atoms with Crippen molar-refractivity contribution in [1.82, 2.24) is 14.3 Å². The second-order valence-corrected chi connectivity index (χ2v) is 8.73. The van der Waals surface area contributed by atoms with Gasteiger partial charge in [0.1, 0.15) is 0 Å². The van der Waals surface area contributed by atoms with Gasteiger partial charge < -0.3 is 10.2 Å². The van der Waals surface area contributed by atoms with E-state index in [1.54, 1.807) is 11.8 Å². The van der Waals surface area contributed by atoms with Crippen molar-refractivity contribution >= 4 is 40.2 Å². The highest BCUT2D eigenvalue weighted by atomic mass is 32.2. The molecule has 4 rings (SSSR count). The van der Waals surface area contributed by atoms with Gasteiger partial charge in [0, 0.05) is 36.3 Å². The molecule has 2 aliphatic rings. The number of hydrogen-bond donors (Lipinski definition) is 1. The van der Waals surface area contributed by atoms with Crippen LogP contribution >= 0.6 is 23.3 Å². The maximum atomic E-state index is 12.6. The zero-order chi connectivity index (χ0) is 18.6. The van der Waals surface area contributed by atoms with Gasteiger partial charge in [0.15, 0.2) is 0 Å². The molecule has 8 heteroatoms. The third-order valence-electron chi connectivity index (χ3n) is 5.14. The summed E-state index contributed by atoms with van der Waals surface area (Å²) in [5, 5.41) is 4.01. The van der Waals surface area contributed by atoms with E-state index < -0.39 is 0 Å². The molecule has 6 nitrogen and oxygen atoms in total. The first-order chi connectivity index (χ1) is 13.2. The number of anilines is 1. The normalized spacial score (nSPS) is 20.4. The minimum Gasteiger partial charge on any atom is -0.339 e. The van der Waals surface area contributed by atoms with Crippen LogP contribution in [-0.2, 0) is 15.3 Å². The van der Waals surface area contributed by atoms with E-state index >= 15 is 0 Å². The number of rotatable bonds is 6. The molecule has 0 spiro atoms. The maximum Gasteiger partial charge on any atom is 0.231 e. The molecule has 1 aromatic heterocycles. The fraction of sp³-hybridized carbons (Fsp3) is 0.474. The average molecular weight is 403 g/mol. The van der Waals surface area contributed by atoms with Crippen LogP contribution in [0.1, 0.15) is 37.7 Å². The van der Waals surface area contributed by atoms with E-state index in [0.717, 1.165) is 18.6 Å². The topological polar surface area (TPSA) is 75.2 Å². The Morgan fingerprint density at radius 1 is 1.26 bits per heavy atom. The lowest BCUT2D eigenvalue weighted by Crippen LogP contribution is -2.35. The molecule has 1 saturated heterocycles. The SMILES string of the molecule is O=C(Nc1nc(SCc2ccccc2)ns1)[C@@H]1CC(=O)N(C2CCCC2)C1. The third kappa shape index (κ3) is 4.50. The highest BCUT2D eigenvalue weighted by molar-refractivity contribution is 7.98. The van der Waals surface area contributed by atoms with Gasteiger partial charge >= 0.3 is 0 Å². The summed E-state index contributed by atoms with van der Waals surface area (Å²) in [6.07, 6.45) is 4.80. The van der Waals surface area contributed by atoms with Crippen molar-refractivity contribution in [2.24, 2.45) is 5.92 Å². The zero-order valence-corrected chi connectivity index (χ0v) is 16.6. The summed E-state index contributed by atoms with van der Waals surface area (Å²) in [4.78, 5) is 31.1. The van der Waals surface area contributed by atoms with E-state index in [4.69, 9.17) is 0 Å². The molecule has 2 heterocycles. The first kappa shape index (κ1) is 18.4. The van der Waals surface area contributed by atoms with Crippen LogP contribution in [0.15, 0.2) is 35.5 Å². The van der Waals surface area contributed by atoms with Crippen LogP contribution in [0.2, 0.25) is 0 Å². The van der Waals surface area contributed by atoms with E-state index in [2.05, 4.69) is 26.8 Å². The Hall–Kier alpha value is -1.93. The molecule has 0 radical (unpaired) electrons. The summed E-state index contributed by atoms with van der Waals surface area (Å²) < 4.78 is 4.31. The summed E-state index contributed by atoms with van der Waals surface area (Å²) in [6, 6.07) is 10.5. The first-order valence-corrected chi connectivity index (χ1v) is 11.1. The van der Waals surface area contributed by atoms with Gasteiger partial charge in [0.25, 0.3) is 0 Å². The number of nitrogens with zero attached hydrogens (tertiary/aromatic N) is 3. The molecule has 2 amide bonds. The number of likely N-dealkylation sites (tertiary alicyclic amines) is 1. The van der Waals surface area contributed by atoms with Crippen molar-refractivity contribution in [1.29, 1.82) is 0 Å². The summed E-state index contributed by atoms with van der Waals surface area (Å²) >= 11 is 2.73. The number of nitrogens with one attached hydrogen (secondary N) is 1. The Morgan fingerprint density at radius 2 is 2.04 bits per heavy atom. The van der Waals surface area contributed by atoms with Crippen LogP contribution < -0.4 is 5.32 Å². The Morgan fingerprint density at radius 3 is 2.81 bits per heavy atom. The first-order valence-electron chi connectivity index (χ1n) is 9.30. The molecule has 1 saturated carbocycles. The highest BCUT2D eigenvalue weighted by Crippen LogP contribution is 2.30. The van der Waals surface area contributed by atoms with Gasteiger partial charge in [-0.05, 0) is 18.4 Å². The minimum atomic E-state index is -0.289. The van der Waals surface area contributed by atoms with Gasteiger partial charge in [-0.2, -0.15) is 9.36 Å². The Bertz CT molecular complexity index is 805. The molecule has 1 atom stereocenters. The van der Waals surface area contributed by atoms with Crippen molar-refractivity contribution in [3.8, 4) is 0 Å². The summed E-state index contributed by atoms with van der Waals surface area (Å²) in [6.45, 7) is 0.531. The lowest BCUT2D eigenvalue weighted by molar-refractivity contribution is -0.129. The second kappa shape index (κ2) is 8.39.